The second-order valence-electron chi connectivity index (χ2n) is 6.59. The summed E-state index contributed by atoms with van der Waals surface area (Å²) in [6.07, 6.45) is 3.73. The van der Waals surface area contributed by atoms with Gasteiger partial charge in [-0.2, -0.15) is 5.10 Å². The molecule has 0 bridgehead atoms. The maximum absolute atomic E-state index is 13.5. The molecular weight excluding hydrogens is 355 g/mol. The molecule has 0 aliphatic heterocycles. The Labute approximate surface area is 162 Å². The average Bonchev–Trinajstić information content (AvgIpc) is 3.29. The molecule has 4 aromatic rings. The number of hydrogen-bond acceptors (Lipinski definition) is 2. The third-order valence-corrected chi connectivity index (χ3v) is 4.44. The highest BCUT2D eigenvalue weighted by atomic mass is 19.1. The minimum absolute atomic E-state index is 0.342. The maximum Gasteiger partial charge on any atom is 0.261 e. The van der Waals surface area contributed by atoms with E-state index in [0.29, 0.717) is 22.8 Å². The molecule has 0 saturated carbocycles. The van der Waals surface area contributed by atoms with Gasteiger partial charge in [-0.3, -0.25) is 4.79 Å². The van der Waals surface area contributed by atoms with E-state index in [1.165, 1.54) is 12.1 Å². The molecule has 4 rings (SSSR count). The molecule has 0 fully saturated rings. The molecule has 0 spiro atoms. The second-order valence-corrected chi connectivity index (χ2v) is 6.59. The highest BCUT2D eigenvalue weighted by molar-refractivity contribution is 6.07. The number of carbonyl (C=O) groups excluding carboxylic acids is 1. The summed E-state index contributed by atoms with van der Waals surface area (Å²) in [5.41, 5.74) is 3.36. The van der Waals surface area contributed by atoms with Gasteiger partial charge in [0.25, 0.3) is 5.91 Å². The van der Waals surface area contributed by atoms with Gasteiger partial charge in [-0.1, -0.05) is 18.2 Å². The molecule has 28 heavy (non-hydrogen) atoms. The predicted molar refractivity (Wildman–Crippen MR) is 107 cm³/mol. The first-order valence-corrected chi connectivity index (χ1v) is 8.90. The molecule has 0 aliphatic carbocycles. The van der Waals surface area contributed by atoms with E-state index < -0.39 is 5.82 Å². The smallest absolute Gasteiger partial charge is 0.261 e. The molecule has 0 radical (unpaired) electrons. The zero-order valence-corrected chi connectivity index (χ0v) is 15.6. The Kier molecular flexibility index (Phi) is 4.53. The van der Waals surface area contributed by atoms with E-state index in [1.807, 2.05) is 60.3 Å². The van der Waals surface area contributed by atoms with Gasteiger partial charge in [0.1, 0.15) is 11.4 Å². The molecule has 2 aromatic heterocycles. The van der Waals surface area contributed by atoms with E-state index in [2.05, 4.69) is 10.4 Å². The standard InChI is InChI=1S/C22H19FN4O/c1-15-7-5-10-19(13-15)27-22(26-11-3-4-12-26)20(16(2)25-27)21(28)24-18-9-6-8-17(23)14-18/h3-14H,1-2H3,(H,24,28). The van der Waals surface area contributed by atoms with Crippen LogP contribution in [0.25, 0.3) is 11.5 Å². The van der Waals surface area contributed by atoms with Crippen LogP contribution in [0.3, 0.4) is 0 Å². The van der Waals surface area contributed by atoms with Gasteiger partial charge in [0.2, 0.25) is 0 Å². The number of nitrogens with one attached hydrogen (secondary N) is 1. The summed E-state index contributed by atoms with van der Waals surface area (Å²) < 4.78 is 17.1. The van der Waals surface area contributed by atoms with Crippen LogP contribution >= 0.6 is 0 Å². The van der Waals surface area contributed by atoms with Gasteiger partial charge < -0.3 is 9.88 Å². The second kappa shape index (κ2) is 7.15. The summed E-state index contributed by atoms with van der Waals surface area (Å²) in [5.74, 6) is -0.122. The Bertz CT molecular complexity index is 1150. The zero-order chi connectivity index (χ0) is 19.7. The Morgan fingerprint density at radius 2 is 1.75 bits per heavy atom. The molecule has 1 N–H and O–H groups in total. The normalized spacial score (nSPS) is 10.8. The number of carbonyl (C=O) groups is 1. The van der Waals surface area contributed by atoms with E-state index in [0.717, 1.165) is 11.3 Å². The van der Waals surface area contributed by atoms with E-state index >= 15 is 0 Å². The van der Waals surface area contributed by atoms with Gasteiger partial charge in [-0.15, -0.1) is 0 Å². The lowest BCUT2D eigenvalue weighted by atomic mass is 10.2. The van der Waals surface area contributed by atoms with Crippen LogP contribution in [0.5, 0.6) is 0 Å². The predicted octanol–water partition coefficient (Wildman–Crippen LogP) is 4.67. The monoisotopic (exact) mass is 374 g/mol. The number of amides is 1. The number of hydrogen-bond donors (Lipinski definition) is 1. The van der Waals surface area contributed by atoms with Crippen molar-refractivity contribution in [3.05, 3.63) is 95.7 Å². The van der Waals surface area contributed by atoms with Crippen LogP contribution in [0.2, 0.25) is 0 Å². The number of rotatable bonds is 4. The van der Waals surface area contributed by atoms with Crippen LogP contribution in [0.1, 0.15) is 21.6 Å². The summed E-state index contributed by atoms with van der Waals surface area (Å²) in [7, 11) is 0. The van der Waals surface area contributed by atoms with Gasteiger partial charge in [-0.05, 0) is 61.9 Å². The Morgan fingerprint density at radius 1 is 1.00 bits per heavy atom. The summed E-state index contributed by atoms with van der Waals surface area (Å²) in [6, 6.07) is 17.5. The first kappa shape index (κ1) is 17.7. The molecule has 0 atom stereocenters. The van der Waals surface area contributed by atoms with Crippen molar-refractivity contribution in [3.63, 3.8) is 0 Å². The first-order chi connectivity index (χ1) is 13.5. The minimum Gasteiger partial charge on any atom is -0.322 e. The van der Waals surface area contributed by atoms with Crippen molar-refractivity contribution < 1.29 is 9.18 Å². The molecule has 0 saturated heterocycles. The number of halogens is 1. The summed E-state index contributed by atoms with van der Waals surface area (Å²) in [6.45, 7) is 3.80. The summed E-state index contributed by atoms with van der Waals surface area (Å²) in [4.78, 5) is 13.1. The zero-order valence-electron chi connectivity index (χ0n) is 15.6. The Hall–Kier alpha value is -3.67. The summed E-state index contributed by atoms with van der Waals surface area (Å²) >= 11 is 0. The van der Waals surface area contributed by atoms with Crippen LogP contribution in [0.15, 0.2) is 73.1 Å². The molecule has 5 nitrogen and oxygen atoms in total. The number of benzene rings is 2. The lowest BCUT2D eigenvalue weighted by Gasteiger charge is -2.12. The van der Waals surface area contributed by atoms with Crippen LogP contribution in [0.4, 0.5) is 10.1 Å². The van der Waals surface area contributed by atoms with Crippen molar-refractivity contribution in [1.29, 1.82) is 0 Å². The van der Waals surface area contributed by atoms with E-state index in [9.17, 15) is 9.18 Å². The van der Waals surface area contributed by atoms with Crippen LogP contribution in [-0.4, -0.2) is 20.3 Å². The number of aryl methyl sites for hydroxylation is 2. The molecule has 2 aromatic carbocycles. The SMILES string of the molecule is Cc1cccc(-n2nc(C)c(C(=O)Nc3cccc(F)c3)c2-n2cccc2)c1. The summed E-state index contributed by atoms with van der Waals surface area (Å²) in [5, 5.41) is 7.39. The van der Waals surface area contributed by atoms with E-state index in [4.69, 9.17) is 0 Å². The molecule has 140 valence electrons. The molecule has 2 heterocycles. The highest BCUT2D eigenvalue weighted by Crippen LogP contribution is 2.24. The van der Waals surface area contributed by atoms with Gasteiger partial charge in [0.15, 0.2) is 5.82 Å². The molecule has 6 heteroatoms. The fraction of sp³-hybridized carbons (Fsp3) is 0.0909. The minimum atomic E-state index is -0.407. The fourth-order valence-electron chi connectivity index (χ4n) is 3.19. The topological polar surface area (TPSA) is 51.9 Å². The van der Waals surface area contributed by atoms with Crippen molar-refractivity contribution >= 4 is 11.6 Å². The van der Waals surface area contributed by atoms with Gasteiger partial charge >= 0.3 is 0 Å². The van der Waals surface area contributed by atoms with Crippen LogP contribution in [-0.2, 0) is 0 Å². The third-order valence-electron chi connectivity index (χ3n) is 4.44. The van der Waals surface area contributed by atoms with Crippen molar-refractivity contribution in [2.75, 3.05) is 5.32 Å². The van der Waals surface area contributed by atoms with Crippen molar-refractivity contribution in [2.45, 2.75) is 13.8 Å². The molecular formula is C22H19FN4O. The van der Waals surface area contributed by atoms with Gasteiger partial charge in [0.05, 0.1) is 11.4 Å². The molecule has 0 unspecified atom stereocenters. The number of nitrogens with zero attached hydrogens (tertiary/aromatic N) is 3. The highest BCUT2D eigenvalue weighted by Gasteiger charge is 2.24. The van der Waals surface area contributed by atoms with Gasteiger partial charge in [-0.25, -0.2) is 9.07 Å². The van der Waals surface area contributed by atoms with Crippen molar-refractivity contribution in [3.8, 4) is 11.5 Å². The fourth-order valence-corrected chi connectivity index (χ4v) is 3.19. The lowest BCUT2D eigenvalue weighted by molar-refractivity contribution is 0.102. The Morgan fingerprint density at radius 3 is 2.46 bits per heavy atom. The van der Waals surface area contributed by atoms with E-state index in [1.54, 1.807) is 23.7 Å². The number of aromatic nitrogens is 3. The van der Waals surface area contributed by atoms with Crippen LogP contribution < -0.4 is 5.32 Å². The molecule has 0 aliphatic rings. The average molecular weight is 374 g/mol. The largest absolute Gasteiger partial charge is 0.322 e. The van der Waals surface area contributed by atoms with Crippen molar-refractivity contribution in [2.24, 2.45) is 0 Å². The molecule has 1 amide bonds. The quantitative estimate of drug-likeness (QED) is 0.564. The Balaban J connectivity index is 1.84. The maximum atomic E-state index is 13.5. The lowest BCUT2D eigenvalue weighted by Crippen LogP contribution is -2.16. The van der Waals surface area contributed by atoms with Crippen LogP contribution in [0, 0.1) is 19.7 Å². The van der Waals surface area contributed by atoms with Gasteiger partial charge in [0, 0.05) is 18.1 Å². The third kappa shape index (κ3) is 3.32. The van der Waals surface area contributed by atoms with E-state index in [-0.39, 0.29) is 5.91 Å². The first-order valence-electron chi connectivity index (χ1n) is 8.90. The number of anilines is 1. The van der Waals surface area contributed by atoms with Crippen molar-refractivity contribution in [1.82, 2.24) is 14.3 Å².